The molecule has 136 valence electrons. The van der Waals surface area contributed by atoms with Crippen molar-refractivity contribution in [2.24, 2.45) is 11.5 Å². The highest BCUT2D eigenvalue weighted by Crippen LogP contribution is 2.63. The first-order chi connectivity index (χ1) is 11.4. The Bertz CT molecular complexity index is 928. The van der Waals surface area contributed by atoms with Gasteiger partial charge in [-0.2, -0.15) is 8.78 Å². The van der Waals surface area contributed by atoms with E-state index in [1.54, 1.807) is 0 Å². The zero-order valence-electron chi connectivity index (χ0n) is 12.0. The summed E-state index contributed by atoms with van der Waals surface area (Å²) in [7, 11) is -5.81. The van der Waals surface area contributed by atoms with Gasteiger partial charge in [0.1, 0.15) is 10.6 Å². The minimum absolute atomic E-state index is 0.0175. The number of hydrogen-bond acceptors (Lipinski definition) is 5. The molecule has 2 amide bonds. The number of fused-ring (bicyclic) bond motifs is 1. The molecule has 0 atom stereocenters. The van der Waals surface area contributed by atoms with Gasteiger partial charge < -0.3 is 26.0 Å². The molecule has 0 fully saturated rings. The molecule has 0 radical (unpaired) electrons. The van der Waals surface area contributed by atoms with Gasteiger partial charge >= 0.3 is 13.3 Å². The normalized spacial score (nSPS) is 12.4. The fourth-order valence-electron chi connectivity index (χ4n) is 1.86. The molecule has 1 aromatic heterocycles. The minimum Gasteiger partial charge on any atom is -0.482 e. The van der Waals surface area contributed by atoms with E-state index in [2.05, 4.69) is 15.9 Å². The molecular formula is C12H10BrF2N2O6PS. The van der Waals surface area contributed by atoms with Crippen molar-refractivity contribution in [3.05, 3.63) is 27.0 Å². The Kier molecular flexibility index (Phi) is 5.22. The fraction of sp³-hybridized carbons (Fsp3) is 0.167. The Balaban J connectivity index is 2.76. The lowest BCUT2D eigenvalue weighted by Gasteiger charge is -2.16. The van der Waals surface area contributed by atoms with Crippen molar-refractivity contribution in [2.45, 2.75) is 5.66 Å². The van der Waals surface area contributed by atoms with Gasteiger partial charge in [-0.3, -0.25) is 14.2 Å². The minimum atomic E-state index is -5.81. The Morgan fingerprint density at radius 1 is 1.32 bits per heavy atom. The van der Waals surface area contributed by atoms with Crippen molar-refractivity contribution in [3.8, 4) is 5.75 Å². The first kappa shape index (κ1) is 19.7. The topological polar surface area (TPSA) is 153 Å². The van der Waals surface area contributed by atoms with Gasteiger partial charge in [0.15, 0.2) is 6.61 Å². The first-order valence-electron chi connectivity index (χ1n) is 6.27. The van der Waals surface area contributed by atoms with Crippen molar-refractivity contribution in [1.29, 1.82) is 0 Å². The number of halogens is 3. The van der Waals surface area contributed by atoms with E-state index in [4.69, 9.17) is 26.0 Å². The lowest BCUT2D eigenvalue weighted by Crippen LogP contribution is -2.20. The quantitative estimate of drug-likeness (QED) is 0.484. The van der Waals surface area contributed by atoms with E-state index in [1.165, 1.54) is 0 Å². The molecule has 6 N–H and O–H groups in total. The molecule has 2 aromatic rings. The molecule has 0 saturated heterocycles. The summed E-state index contributed by atoms with van der Waals surface area (Å²) < 4.78 is 44.1. The predicted molar refractivity (Wildman–Crippen MR) is 88.7 cm³/mol. The molecule has 13 heteroatoms. The molecule has 0 aliphatic rings. The monoisotopic (exact) mass is 458 g/mol. The zero-order chi connectivity index (χ0) is 19.2. The average Bonchev–Trinajstić information content (AvgIpc) is 2.81. The number of nitrogens with two attached hydrogens (primary N) is 2. The van der Waals surface area contributed by atoms with Crippen LogP contribution in [0, 0.1) is 0 Å². The number of hydrogen-bond donors (Lipinski definition) is 4. The molecule has 0 aliphatic heterocycles. The second-order valence-corrected chi connectivity index (χ2v) is 8.26. The highest BCUT2D eigenvalue weighted by molar-refractivity contribution is 9.10. The maximum atomic E-state index is 14.1. The lowest BCUT2D eigenvalue weighted by molar-refractivity contribution is -0.119. The maximum absolute atomic E-state index is 14.1. The van der Waals surface area contributed by atoms with Crippen LogP contribution in [0.15, 0.2) is 16.6 Å². The number of rotatable bonds is 6. The van der Waals surface area contributed by atoms with Crippen LogP contribution in [0.3, 0.4) is 0 Å². The van der Waals surface area contributed by atoms with Gasteiger partial charge in [0.25, 0.3) is 5.91 Å². The van der Waals surface area contributed by atoms with Crippen molar-refractivity contribution in [2.75, 3.05) is 6.61 Å². The number of primary amides is 2. The van der Waals surface area contributed by atoms with Gasteiger partial charge in [-0.05, 0) is 28.1 Å². The third kappa shape index (κ3) is 3.67. The van der Waals surface area contributed by atoms with Gasteiger partial charge in [-0.1, -0.05) is 0 Å². The Morgan fingerprint density at radius 2 is 1.92 bits per heavy atom. The zero-order valence-corrected chi connectivity index (χ0v) is 15.3. The summed E-state index contributed by atoms with van der Waals surface area (Å²) in [5, 5.41) is 0.0175. The van der Waals surface area contributed by atoms with E-state index in [-0.39, 0.29) is 25.9 Å². The van der Waals surface area contributed by atoms with Crippen LogP contribution < -0.4 is 16.2 Å². The molecule has 0 aliphatic carbocycles. The fourth-order valence-corrected chi connectivity index (χ4v) is 4.84. The number of ether oxygens (including phenoxy) is 1. The van der Waals surface area contributed by atoms with E-state index in [1.807, 2.05) is 0 Å². The summed E-state index contributed by atoms with van der Waals surface area (Å²) in [6.45, 7) is -0.600. The Morgan fingerprint density at radius 3 is 2.40 bits per heavy atom. The largest absolute Gasteiger partial charge is 0.482 e. The number of thiophene rings is 1. The molecule has 0 bridgehead atoms. The van der Waals surface area contributed by atoms with Gasteiger partial charge in [0.2, 0.25) is 5.91 Å². The van der Waals surface area contributed by atoms with Crippen molar-refractivity contribution in [1.82, 2.24) is 0 Å². The number of carbonyl (C=O) groups is 2. The molecule has 8 nitrogen and oxygen atoms in total. The first-order valence-corrected chi connectivity index (χ1v) is 9.49. The number of benzene rings is 1. The van der Waals surface area contributed by atoms with Gasteiger partial charge in [-0.15, -0.1) is 11.3 Å². The van der Waals surface area contributed by atoms with Crippen molar-refractivity contribution >= 4 is 56.8 Å². The third-order valence-electron chi connectivity index (χ3n) is 2.99. The molecule has 0 unspecified atom stereocenters. The van der Waals surface area contributed by atoms with E-state index < -0.39 is 36.6 Å². The van der Waals surface area contributed by atoms with Crippen LogP contribution in [0.25, 0.3) is 10.1 Å². The number of amides is 2. The van der Waals surface area contributed by atoms with E-state index in [9.17, 15) is 22.9 Å². The van der Waals surface area contributed by atoms with E-state index >= 15 is 0 Å². The van der Waals surface area contributed by atoms with Crippen LogP contribution in [-0.4, -0.2) is 28.2 Å². The molecule has 0 saturated carbocycles. The Labute approximate surface area is 151 Å². The summed E-state index contributed by atoms with van der Waals surface area (Å²) in [5.74, 6) is -1.90. The maximum Gasteiger partial charge on any atom is 0.400 e. The van der Waals surface area contributed by atoms with Crippen LogP contribution in [0.1, 0.15) is 15.2 Å². The van der Waals surface area contributed by atoms with Crippen molar-refractivity contribution < 1.29 is 37.5 Å². The summed E-state index contributed by atoms with van der Waals surface area (Å²) >= 11 is 3.20. The summed E-state index contributed by atoms with van der Waals surface area (Å²) in [6.07, 6.45) is 0. The standard InChI is InChI=1S/C12H10BrF2N2O6PS/c13-8-5-1-4(11(17)19)2-6(23-3-7(16)18)9(5)25-10(8)12(14,15)24(20,21)22/h1-2H,3H2,(H2,16,18)(H2,17,19)(H2,20,21,22). The SMILES string of the molecule is NC(=O)COc1cc(C(N)=O)cc2c(Br)c(C(F)(F)P(=O)(O)O)sc12. The summed E-state index contributed by atoms with van der Waals surface area (Å²) in [6, 6.07) is 2.28. The van der Waals surface area contributed by atoms with E-state index in [0.29, 0.717) is 11.3 Å². The van der Waals surface area contributed by atoms with Crippen LogP contribution >= 0.6 is 34.9 Å². The van der Waals surface area contributed by atoms with Crippen LogP contribution in [-0.2, 0) is 15.0 Å². The molecular weight excluding hydrogens is 449 g/mol. The molecule has 2 rings (SSSR count). The number of alkyl halides is 2. The second kappa shape index (κ2) is 6.61. The molecule has 1 aromatic carbocycles. The summed E-state index contributed by atoms with van der Waals surface area (Å²) in [5.41, 5.74) is 5.55. The average molecular weight is 459 g/mol. The molecule has 1 heterocycles. The highest BCUT2D eigenvalue weighted by Gasteiger charge is 2.53. The smallest absolute Gasteiger partial charge is 0.400 e. The molecule has 0 spiro atoms. The summed E-state index contributed by atoms with van der Waals surface area (Å²) in [4.78, 5) is 39.1. The van der Waals surface area contributed by atoms with Gasteiger partial charge in [-0.25, -0.2) is 0 Å². The van der Waals surface area contributed by atoms with E-state index in [0.717, 1.165) is 12.1 Å². The van der Waals surface area contributed by atoms with Crippen LogP contribution in [0.4, 0.5) is 8.78 Å². The van der Waals surface area contributed by atoms with Gasteiger partial charge in [0, 0.05) is 15.4 Å². The predicted octanol–water partition coefficient (Wildman–Crippen LogP) is 1.85. The third-order valence-corrected chi connectivity index (χ3v) is 6.47. The van der Waals surface area contributed by atoms with Crippen LogP contribution in [0.5, 0.6) is 5.75 Å². The second-order valence-electron chi connectivity index (χ2n) is 4.80. The lowest BCUT2D eigenvalue weighted by atomic mass is 10.1. The van der Waals surface area contributed by atoms with Crippen molar-refractivity contribution in [3.63, 3.8) is 0 Å². The molecule has 25 heavy (non-hydrogen) atoms. The van der Waals surface area contributed by atoms with Gasteiger partial charge in [0.05, 0.1) is 4.70 Å². The number of carbonyl (C=O) groups excluding carboxylic acids is 2. The van der Waals surface area contributed by atoms with Crippen LogP contribution in [0.2, 0.25) is 0 Å². The highest BCUT2D eigenvalue weighted by atomic mass is 79.9. The Hall–Kier alpha value is -1.59.